The zero-order valence-corrected chi connectivity index (χ0v) is 16.1. The van der Waals surface area contributed by atoms with Gasteiger partial charge < -0.3 is 10.6 Å². The summed E-state index contributed by atoms with van der Waals surface area (Å²) in [5.74, 6) is 0.760. The van der Waals surface area contributed by atoms with Gasteiger partial charge in [0.25, 0.3) is 0 Å². The van der Waals surface area contributed by atoms with E-state index in [1.165, 1.54) is 24.1 Å². The van der Waals surface area contributed by atoms with Gasteiger partial charge in [0.2, 0.25) is 0 Å². The molecule has 3 aromatic rings. The van der Waals surface area contributed by atoms with Crippen LogP contribution in [0.2, 0.25) is 0 Å². The van der Waals surface area contributed by atoms with Gasteiger partial charge in [-0.25, -0.2) is 0 Å². The van der Waals surface area contributed by atoms with E-state index in [2.05, 4.69) is 89.4 Å². The monoisotopic (exact) mass is 359 g/mol. The van der Waals surface area contributed by atoms with Gasteiger partial charge in [0.05, 0.1) is 0 Å². The summed E-state index contributed by atoms with van der Waals surface area (Å²) in [4.78, 5) is 4.09. The van der Waals surface area contributed by atoms with Gasteiger partial charge >= 0.3 is 0 Å². The zero-order chi connectivity index (χ0) is 19.3. The fraction of sp³-hybridized carbons (Fsp3) is 0.208. The van der Waals surface area contributed by atoms with E-state index in [0.29, 0.717) is 0 Å². The van der Waals surface area contributed by atoms with E-state index in [1.807, 2.05) is 19.3 Å². The maximum absolute atomic E-state index is 4.09. The Bertz CT molecular complexity index is 749. The van der Waals surface area contributed by atoms with Crippen molar-refractivity contribution in [1.29, 1.82) is 0 Å². The first-order chi connectivity index (χ1) is 13.4. The van der Waals surface area contributed by atoms with Gasteiger partial charge in [-0.05, 0) is 53.8 Å². The number of anilines is 1. The normalized spacial score (nSPS) is 14.9. The van der Waals surface area contributed by atoms with Crippen molar-refractivity contribution in [3.05, 3.63) is 97.8 Å². The van der Waals surface area contributed by atoms with Crippen molar-refractivity contribution in [2.75, 3.05) is 25.5 Å². The van der Waals surface area contributed by atoms with Crippen LogP contribution in [0.3, 0.4) is 0 Å². The second-order valence-corrected chi connectivity index (χ2v) is 6.17. The second-order valence-electron chi connectivity index (χ2n) is 6.17. The molecule has 1 unspecified atom stereocenters. The third-order valence-corrected chi connectivity index (χ3v) is 4.50. The first kappa shape index (κ1) is 20.4. The molecule has 4 rings (SSSR count). The van der Waals surface area contributed by atoms with Crippen LogP contribution in [-0.4, -0.2) is 25.1 Å². The lowest BCUT2D eigenvalue weighted by Crippen LogP contribution is -2.07. The third-order valence-electron chi connectivity index (χ3n) is 4.50. The minimum absolute atomic E-state index is 0.760. The summed E-state index contributed by atoms with van der Waals surface area (Å²) in [6, 6.07) is 23.0. The number of nitrogens with zero attached hydrogens (tertiary/aromatic N) is 1. The predicted molar refractivity (Wildman–Crippen MR) is 117 cm³/mol. The van der Waals surface area contributed by atoms with Crippen LogP contribution in [0.15, 0.2) is 92.3 Å². The van der Waals surface area contributed by atoms with Gasteiger partial charge in [-0.15, -0.1) is 13.2 Å². The molecule has 3 nitrogen and oxygen atoms in total. The van der Waals surface area contributed by atoms with E-state index in [4.69, 9.17) is 0 Å². The topological polar surface area (TPSA) is 37.0 Å². The van der Waals surface area contributed by atoms with Crippen LogP contribution in [0.1, 0.15) is 17.9 Å². The quantitative estimate of drug-likeness (QED) is 0.619. The number of aromatic nitrogens is 1. The fourth-order valence-electron chi connectivity index (χ4n) is 3.03. The summed E-state index contributed by atoms with van der Waals surface area (Å²) in [7, 11) is 1.92. The van der Waals surface area contributed by atoms with Crippen LogP contribution in [-0.2, 0) is 0 Å². The molecule has 3 heteroatoms. The standard InChI is InChI=1S/C12H12N2.C10H13N.C2H4/c1-13-12-6-4-10(5-7-12)11-3-2-8-14-9-11;1-2-4-9(5-3-1)10-6-7-11-8-10;1-2/h2-9,13H,1H3;1-5,10-11H,6-8H2;1-2H2. The molecule has 0 spiro atoms. The highest BCUT2D eigenvalue weighted by Crippen LogP contribution is 2.21. The Morgan fingerprint density at radius 1 is 0.926 bits per heavy atom. The lowest BCUT2D eigenvalue weighted by molar-refractivity contribution is 0.763. The van der Waals surface area contributed by atoms with Gasteiger partial charge in [-0.3, -0.25) is 4.98 Å². The number of nitrogens with one attached hydrogen (secondary N) is 2. The molecule has 27 heavy (non-hydrogen) atoms. The van der Waals surface area contributed by atoms with Crippen molar-refractivity contribution in [3.63, 3.8) is 0 Å². The lowest BCUT2D eigenvalue weighted by Gasteiger charge is -2.06. The third kappa shape index (κ3) is 6.39. The molecule has 2 aromatic carbocycles. The van der Waals surface area contributed by atoms with Gasteiger partial charge in [0.15, 0.2) is 0 Å². The van der Waals surface area contributed by atoms with Crippen molar-refractivity contribution < 1.29 is 0 Å². The van der Waals surface area contributed by atoms with E-state index in [9.17, 15) is 0 Å². The Balaban J connectivity index is 0.000000181. The number of pyridine rings is 1. The maximum atomic E-state index is 4.09. The highest BCUT2D eigenvalue weighted by molar-refractivity contribution is 5.64. The molecule has 140 valence electrons. The molecule has 0 bridgehead atoms. The van der Waals surface area contributed by atoms with Crippen LogP contribution in [0.4, 0.5) is 5.69 Å². The van der Waals surface area contributed by atoms with Gasteiger partial charge in [-0.2, -0.15) is 0 Å². The number of benzene rings is 2. The Kier molecular flexibility index (Phi) is 8.81. The highest BCUT2D eigenvalue weighted by atomic mass is 14.9. The van der Waals surface area contributed by atoms with Crippen LogP contribution >= 0.6 is 0 Å². The van der Waals surface area contributed by atoms with Crippen LogP contribution in [0.5, 0.6) is 0 Å². The summed E-state index contributed by atoms with van der Waals surface area (Å²) < 4.78 is 0. The molecular formula is C24H29N3. The number of rotatable bonds is 3. The molecule has 1 aromatic heterocycles. The Morgan fingerprint density at radius 3 is 2.22 bits per heavy atom. The van der Waals surface area contributed by atoms with Crippen LogP contribution < -0.4 is 10.6 Å². The van der Waals surface area contributed by atoms with Crippen molar-refractivity contribution in [2.45, 2.75) is 12.3 Å². The van der Waals surface area contributed by atoms with Crippen molar-refractivity contribution in [1.82, 2.24) is 10.3 Å². The molecule has 0 radical (unpaired) electrons. The SMILES string of the molecule is C=C.CNc1ccc(-c2cccnc2)cc1.c1ccc(C2CCNC2)cc1. The molecule has 2 heterocycles. The smallest absolute Gasteiger partial charge is 0.0346 e. The summed E-state index contributed by atoms with van der Waals surface area (Å²) in [6.45, 7) is 8.34. The average molecular weight is 360 g/mol. The minimum atomic E-state index is 0.760. The molecule has 0 aliphatic carbocycles. The Labute approximate surface area is 163 Å². The van der Waals surface area contributed by atoms with Crippen LogP contribution in [0.25, 0.3) is 11.1 Å². The maximum Gasteiger partial charge on any atom is 0.0346 e. The molecule has 0 saturated carbocycles. The van der Waals surface area contributed by atoms with Crippen molar-refractivity contribution in [2.24, 2.45) is 0 Å². The molecule has 1 atom stereocenters. The first-order valence-electron chi connectivity index (χ1n) is 9.30. The summed E-state index contributed by atoms with van der Waals surface area (Å²) in [6.07, 6.45) is 4.95. The minimum Gasteiger partial charge on any atom is -0.388 e. The van der Waals surface area contributed by atoms with E-state index < -0.39 is 0 Å². The molecule has 2 N–H and O–H groups in total. The van der Waals surface area contributed by atoms with Gasteiger partial charge in [0.1, 0.15) is 0 Å². The predicted octanol–water partition coefficient (Wildman–Crippen LogP) is 5.36. The molecule has 1 aliphatic heterocycles. The molecule has 1 fully saturated rings. The lowest BCUT2D eigenvalue weighted by atomic mass is 9.99. The second kappa shape index (κ2) is 11.7. The Morgan fingerprint density at radius 2 is 1.67 bits per heavy atom. The van der Waals surface area contributed by atoms with Crippen molar-refractivity contribution >= 4 is 5.69 Å². The molecular weight excluding hydrogens is 330 g/mol. The van der Waals surface area contributed by atoms with Gasteiger partial charge in [-0.1, -0.05) is 48.5 Å². The number of hydrogen-bond donors (Lipinski definition) is 2. The highest BCUT2D eigenvalue weighted by Gasteiger charge is 2.15. The Hall–Kier alpha value is -2.91. The van der Waals surface area contributed by atoms with Crippen LogP contribution in [0, 0.1) is 0 Å². The number of hydrogen-bond acceptors (Lipinski definition) is 3. The fourth-order valence-corrected chi connectivity index (χ4v) is 3.03. The molecule has 0 amide bonds. The van der Waals surface area contributed by atoms with E-state index in [-0.39, 0.29) is 0 Å². The van der Waals surface area contributed by atoms with E-state index in [0.717, 1.165) is 23.7 Å². The summed E-state index contributed by atoms with van der Waals surface area (Å²) in [5, 5.41) is 6.46. The zero-order valence-electron chi connectivity index (χ0n) is 16.1. The summed E-state index contributed by atoms with van der Waals surface area (Å²) >= 11 is 0. The summed E-state index contributed by atoms with van der Waals surface area (Å²) in [5.41, 5.74) is 4.95. The average Bonchev–Trinajstić information content (AvgIpc) is 3.32. The van der Waals surface area contributed by atoms with Crippen molar-refractivity contribution in [3.8, 4) is 11.1 Å². The van der Waals surface area contributed by atoms with E-state index in [1.54, 1.807) is 6.20 Å². The molecule has 1 aliphatic rings. The largest absolute Gasteiger partial charge is 0.388 e. The van der Waals surface area contributed by atoms with Gasteiger partial charge in [0, 0.05) is 31.7 Å². The van der Waals surface area contributed by atoms with E-state index >= 15 is 0 Å². The first-order valence-corrected chi connectivity index (χ1v) is 9.30. The molecule has 1 saturated heterocycles.